The maximum atomic E-state index is 9.35. The van der Waals surface area contributed by atoms with Gasteiger partial charge in [0, 0.05) is 7.11 Å². The summed E-state index contributed by atoms with van der Waals surface area (Å²) in [6.45, 7) is 0. The van der Waals surface area contributed by atoms with Crippen molar-refractivity contribution in [2.24, 2.45) is 0 Å². The predicted octanol–water partition coefficient (Wildman–Crippen LogP) is -1.32. The number of aliphatic hydroxyl groups excluding tert-OH is 3. The molecule has 78 valence electrons. The summed E-state index contributed by atoms with van der Waals surface area (Å²) in [4.78, 5) is 0. The zero-order valence-electron chi connectivity index (χ0n) is 7.13. The third-order valence-electron chi connectivity index (χ3n) is 2.05. The van der Waals surface area contributed by atoms with E-state index in [0.29, 0.717) is 0 Å². The summed E-state index contributed by atoms with van der Waals surface area (Å²) in [5.41, 5.74) is 0. The topological polar surface area (TPSA) is 79.2 Å². The van der Waals surface area contributed by atoms with E-state index in [1.165, 1.54) is 7.11 Å². The molecule has 0 amide bonds. The molecule has 0 radical (unpaired) electrons. The molecule has 1 aliphatic rings. The molecule has 1 aliphatic heterocycles. The van der Waals surface area contributed by atoms with Crippen molar-refractivity contribution in [3.05, 3.63) is 0 Å². The van der Waals surface area contributed by atoms with Crippen molar-refractivity contribution in [1.82, 2.24) is 0 Å². The lowest BCUT2D eigenvalue weighted by Crippen LogP contribution is -2.58. The maximum absolute atomic E-state index is 9.35. The van der Waals surface area contributed by atoms with E-state index in [4.69, 9.17) is 21.1 Å². The van der Waals surface area contributed by atoms with Crippen molar-refractivity contribution in [2.45, 2.75) is 30.7 Å². The second-order valence-electron chi connectivity index (χ2n) is 2.90. The summed E-state index contributed by atoms with van der Waals surface area (Å²) in [5.74, 6) is 0.0325. The molecule has 13 heavy (non-hydrogen) atoms. The molecular formula is C7H13ClO5. The highest BCUT2D eigenvalue weighted by atomic mass is 35.5. The highest BCUT2D eigenvalue weighted by Gasteiger charge is 2.43. The van der Waals surface area contributed by atoms with E-state index in [1.807, 2.05) is 0 Å². The molecule has 1 saturated heterocycles. The Bertz CT molecular complexity index is 147. The third-order valence-corrected chi connectivity index (χ3v) is 2.36. The van der Waals surface area contributed by atoms with Crippen molar-refractivity contribution < 1.29 is 24.8 Å². The zero-order chi connectivity index (χ0) is 10.0. The zero-order valence-corrected chi connectivity index (χ0v) is 7.89. The van der Waals surface area contributed by atoms with Gasteiger partial charge in [0.2, 0.25) is 0 Å². The maximum Gasteiger partial charge on any atom is 0.186 e. The molecule has 0 aromatic carbocycles. The van der Waals surface area contributed by atoms with Crippen LogP contribution in [0.3, 0.4) is 0 Å². The lowest BCUT2D eigenvalue weighted by Gasteiger charge is -2.38. The number of hydrogen-bond donors (Lipinski definition) is 3. The average Bonchev–Trinajstić information content (AvgIpc) is 2.15. The van der Waals surface area contributed by atoms with Crippen LogP contribution in [0.5, 0.6) is 0 Å². The largest absolute Gasteiger partial charge is 0.388 e. The quantitative estimate of drug-likeness (QED) is 0.495. The van der Waals surface area contributed by atoms with Crippen LogP contribution in [-0.4, -0.2) is 59.0 Å². The van der Waals surface area contributed by atoms with Gasteiger partial charge >= 0.3 is 0 Å². The monoisotopic (exact) mass is 212 g/mol. The number of ether oxygens (including phenoxy) is 2. The Kier molecular flexibility index (Phi) is 3.90. The summed E-state index contributed by atoms with van der Waals surface area (Å²) >= 11 is 5.48. The van der Waals surface area contributed by atoms with Crippen LogP contribution < -0.4 is 0 Å². The van der Waals surface area contributed by atoms with Crippen LogP contribution in [0.25, 0.3) is 0 Å². The van der Waals surface area contributed by atoms with E-state index in [-0.39, 0.29) is 5.88 Å². The standard InChI is InChI=1S/C7H13ClO5/c1-12-7-6(11)5(10)4(9)3(2-8)13-7/h3-7,9-11H,2H2,1H3/t3-,4+,5+,6-,7-/m1/s1. The van der Waals surface area contributed by atoms with Crippen LogP contribution in [-0.2, 0) is 9.47 Å². The van der Waals surface area contributed by atoms with Crippen molar-refractivity contribution >= 4 is 11.6 Å². The van der Waals surface area contributed by atoms with Gasteiger partial charge in [0.05, 0.1) is 5.88 Å². The fraction of sp³-hybridized carbons (Fsp3) is 1.00. The fourth-order valence-electron chi connectivity index (χ4n) is 1.24. The van der Waals surface area contributed by atoms with E-state index in [9.17, 15) is 15.3 Å². The molecule has 1 heterocycles. The van der Waals surface area contributed by atoms with E-state index in [1.54, 1.807) is 0 Å². The van der Waals surface area contributed by atoms with Gasteiger partial charge in [0.1, 0.15) is 24.4 Å². The van der Waals surface area contributed by atoms with Crippen molar-refractivity contribution in [3.8, 4) is 0 Å². The Balaban J connectivity index is 2.66. The van der Waals surface area contributed by atoms with Gasteiger partial charge in [-0.1, -0.05) is 0 Å². The third kappa shape index (κ3) is 2.12. The second-order valence-corrected chi connectivity index (χ2v) is 3.21. The summed E-state index contributed by atoms with van der Waals surface area (Å²) in [6.07, 6.45) is -5.38. The summed E-state index contributed by atoms with van der Waals surface area (Å²) in [5, 5.41) is 28.0. The smallest absolute Gasteiger partial charge is 0.186 e. The molecule has 1 fully saturated rings. The molecule has 5 atom stereocenters. The van der Waals surface area contributed by atoms with Gasteiger partial charge in [-0.3, -0.25) is 0 Å². The van der Waals surface area contributed by atoms with E-state index < -0.39 is 30.7 Å². The molecule has 0 aromatic heterocycles. The van der Waals surface area contributed by atoms with Crippen molar-refractivity contribution in [1.29, 1.82) is 0 Å². The molecule has 5 nitrogen and oxygen atoms in total. The van der Waals surface area contributed by atoms with Gasteiger partial charge in [-0.05, 0) is 0 Å². The van der Waals surface area contributed by atoms with Crippen LogP contribution in [0, 0.1) is 0 Å². The molecule has 0 aromatic rings. The molecule has 0 aliphatic carbocycles. The van der Waals surface area contributed by atoms with Gasteiger partial charge in [-0.2, -0.15) is 0 Å². The lowest BCUT2D eigenvalue weighted by molar-refractivity contribution is -0.285. The number of methoxy groups -OCH3 is 1. The number of rotatable bonds is 2. The highest BCUT2D eigenvalue weighted by molar-refractivity contribution is 6.18. The van der Waals surface area contributed by atoms with E-state index >= 15 is 0 Å². The van der Waals surface area contributed by atoms with Crippen molar-refractivity contribution in [3.63, 3.8) is 0 Å². The van der Waals surface area contributed by atoms with Gasteiger partial charge < -0.3 is 24.8 Å². The summed E-state index contributed by atoms with van der Waals surface area (Å²) < 4.78 is 9.82. The minimum absolute atomic E-state index is 0.0325. The minimum Gasteiger partial charge on any atom is -0.388 e. The van der Waals surface area contributed by atoms with Crippen LogP contribution in [0.2, 0.25) is 0 Å². The molecule has 0 unspecified atom stereocenters. The SMILES string of the molecule is CO[C@@H]1O[C@H](CCl)[C@H](O)[C@H](O)[C@H]1O. The van der Waals surface area contributed by atoms with Gasteiger partial charge in [-0.25, -0.2) is 0 Å². The van der Waals surface area contributed by atoms with Gasteiger partial charge in [0.15, 0.2) is 6.29 Å². The first-order valence-electron chi connectivity index (χ1n) is 3.90. The first-order valence-corrected chi connectivity index (χ1v) is 4.43. The number of halogens is 1. The normalized spacial score (nSPS) is 46.4. The first-order chi connectivity index (χ1) is 6.11. The Morgan fingerprint density at radius 1 is 1.23 bits per heavy atom. The lowest BCUT2D eigenvalue weighted by atomic mass is 10.00. The van der Waals surface area contributed by atoms with E-state index in [0.717, 1.165) is 0 Å². The number of alkyl halides is 1. The van der Waals surface area contributed by atoms with Crippen LogP contribution >= 0.6 is 11.6 Å². The Morgan fingerprint density at radius 2 is 1.85 bits per heavy atom. The molecule has 0 bridgehead atoms. The van der Waals surface area contributed by atoms with Gasteiger partial charge in [0.25, 0.3) is 0 Å². The summed E-state index contributed by atoms with van der Waals surface area (Å²) in [6, 6.07) is 0. The Hall–Kier alpha value is 0.0900. The predicted molar refractivity (Wildman–Crippen MR) is 44.4 cm³/mol. The Labute approximate surface area is 80.8 Å². The first kappa shape index (κ1) is 11.2. The van der Waals surface area contributed by atoms with Gasteiger partial charge in [-0.15, -0.1) is 11.6 Å². The number of hydrogen-bond acceptors (Lipinski definition) is 5. The number of aliphatic hydroxyl groups is 3. The molecule has 0 spiro atoms. The van der Waals surface area contributed by atoms with Crippen LogP contribution in [0.1, 0.15) is 0 Å². The fourth-order valence-corrected chi connectivity index (χ4v) is 1.49. The molecular weight excluding hydrogens is 200 g/mol. The average molecular weight is 213 g/mol. The Morgan fingerprint density at radius 3 is 2.31 bits per heavy atom. The molecule has 6 heteroatoms. The van der Waals surface area contributed by atoms with Crippen molar-refractivity contribution in [2.75, 3.05) is 13.0 Å². The molecule has 1 rings (SSSR count). The second kappa shape index (κ2) is 4.54. The van der Waals surface area contributed by atoms with Crippen LogP contribution in [0.4, 0.5) is 0 Å². The highest BCUT2D eigenvalue weighted by Crippen LogP contribution is 2.22. The van der Waals surface area contributed by atoms with E-state index in [2.05, 4.69) is 0 Å². The minimum atomic E-state index is -1.29. The molecule has 0 saturated carbocycles. The van der Waals surface area contributed by atoms with Crippen LogP contribution in [0.15, 0.2) is 0 Å². The molecule has 3 N–H and O–H groups in total. The summed E-state index contributed by atoms with van der Waals surface area (Å²) in [7, 11) is 1.34.